The molecule has 0 aliphatic carbocycles. The molecular weight excluding hydrogens is 877 g/mol. The van der Waals surface area contributed by atoms with Gasteiger partial charge in [-0.3, -0.25) is 14.4 Å². The molecule has 0 bridgehead atoms. The van der Waals surface area contributed by atoms with E-state index in [2.05, 4.69) is 93.7 Å². The molecule has 1 unspecified atom stereocenters. The first kappa shape index (κ1) is 67.8. The first-order chi connectivity index (χ1) is 35.0. The van der Waals surface area contributed by atoms with E-state index in [0.29, 0.717) is 19.3 Å². The third-order valence-corrected chi connectivity index (χ3v) is 13.2. The van der Waals surface area contributed by atoms with E-state index in [-0.39, 0.29) is 31.1 Å². The molecule has 0 saturated carbocycles. The fourth-order valence-electron chi connectivity index (χ4n) is 8.60. The second-order valence-corrected chi connectivity index (χ2v) is 20.2. The van der Waals surface area contributed by atoms with Crippen molar-refractivity contribution < 1.29 is 28.6 Å². The van der Waals surface area contributed by atoms with Gasteiger partial charge in [0.1, 0.15) is 13.2 Å². The maximum Gasteiger partial charge on any atom is 0.306 e. The Hall–Kier alpha value is -3.15. The molecule has 0 amide bonds. The summed E-state index contributed by atoms with van der Waals surface area (Å²) in [6.45, 7) is 6.52. The average Bonchev–Trinajstić information content (AvgIpc) is 3.37. The highest BCUT2D eigenvalue weighted by molar-refractivity contribution is 5.71. The number of hydrogen-bond donors (Lipinski definition) is 0. The summed E-state index contributed by atoms with van der Waals surface area (Å²) in [6, 6.07) is 0. The summed E-state index contributed by atoms with van der Waals surface area (Å²) >= 11 is 0. The molecule has 0 fully saturated rings. The number of hydrogen-bond acceptors (Lipinski definition) is 6. The van der Waals surface area contributed by atoms with Crippen LogP contribution in [0.1, 0.15) is 303 Å². The Morgan fingerprint density at radius 1 is 0.296 bits per heavy atom. The zero-order valence-corrected chi connectivity index (χ0v) is 47.0. The smallest absolute Gasteiger partial charge is 0.306 e. The molecule has 0 aromatic rings. The van der Waals surface area contributed by atoms with Gasteiger partial charge in [0.15, 0.2) is 6.10 Å². The molecule has 0 saturated heterocycles. The van der Waals surface area contributed by atoms with Crippen LogP contribution in [-0.2, 0) is 28.6 Å². The lowest BCUT2D eigenvalue weighted by molar-refractivity contribution is -0.167. The molecule has 0 aliphatic heterocycles. The van der Waals surface area contributed by atoms with E-state index < -0.39 is 6.10 Å². The Morgan fingerprint density at radius 2 is 0.549 bits per heavy atom. The maximum atomic E-state index is 12.9. The van der Waals surface area contributed by atoms with Crippen molar-refractivity contribution in [2.24, 2.45) is 0 Å². The van der Waals surface area contributed by atoms with Crippen LogP contribution in [0, 0.1) is 0 Å². The predicted molar refractivity (Wildman–Crippen MR) is 307 cm³/mol. The van der Waals surface area contributed by atoms with Crippen molar-refractivity contribution in [2.75, 3.05) is 13.2 Å². The summed E-state index contributed by atoms with van der Waals surface area (Å²) in [5.41, 5.74) is 0. The van der Waals surface area contributed by atoms with Gasteiger partial charge in [0, 0.05) is 19.3 Å². The minimum absolute atomic E-state index is 0.0834. The fourth-order valence-corrected chi connectivity index (χ4v) is 8.60. The Bertz CT molecular complexity index is 1320. The summed E-state index contributed by atoms with van der Waals surface area (Å²) in [6.07, 6.45) is 76.1. The van der Waals surface area contributed by atoms with Gasteiger partial charge in [-0.2, -0.15) is 0 Å². The van der Waals surface area contributed by atoms with E-state index in [4.69, 9.17) is 14.2 Å². The molecule has 1 atom stereocenters. The Kier molecular flexibility index (Phi) is 56.8. The summed E-state index contributed by atoms with van der Waals surface area (Å²) in [4.78, 5) is 38.2. The number of ether oxygens (including phenoxy) is 3. The van der Waals surface area contributed by atoms with E-state index >= 15 is 0 Å². The van der Waals surface area contributed by atoms with Gasteiger partial charge < -0.3 is 14.2 Å². The van der Waals surface area contributed by atoms with Crippen molar-refractivity contribution in [1.29, 1.82) is 0 Å². The van der Waals surface area contributed by atoms with E-state index in [0.717, 1.165) is 96.3 Å². The monoisotopic (exact) mass is 991 g/mol. The van der Waals surface area contributed by atoms with Crippen molar-refractivity contribution in [2.45, 2.75) is 309 Å². The molecule has 0 spiro atoms. The summed E-state index contributed by atoms with van der Waals surface area (Å²) in [5, 5.41) is 0. The first-order valence-electron chi connectivity index (χ1n) is 30.4. The lowest BCUT2D eigenvalue weighted by atomic mass is 10.1. The summed E-state index contributed by atoms with van der Waals surface area (Å²) in [7, 11) is 0. The minimum atomic E-state index is -0.787. The van der Waals surface area contributed by atoms with E-state index in [1.807, 2.05) is 0 Å². The average molecular weight is 992 g/mol. The first-order valence-corrected chi connectivity index (χ1v) is 30.4. The molecule has 0 aromatic heterocycles. The topological polar surface area (TPSA) is 78.9 Å². The van der Waals surface area contributed by atoms with Crippen LogP contribution >= 0.6 is 0 Å². The molecule has 0 aromatic carbocycles. The molecule has 0 rings (SSSR count). The van der Waals surface area contributed by atoms with Crippen LogP contribution < -0.4 is 0 Å². The molecule has 0 heterocycles. The van der Waals surface area contributed by atoms with E-state index in [1.54, 1.807) is 0 Å². The van der Waals surface area contributed by atoms with Crippen LogP contribution in [0.3, 0.4) is 0 Å². The molecule has 0 radical (unpaired) electrons. The van der Waals surface area contributed by atoms with Crippen molar-refractivity contribution >= 4 is 17.9 Å². The van der Waals surface area contributed by atoms with Gasteiger partial charge in [-0.1, -0.05) is 248 Å². The molecule has 6 nitrogen and oxygen atoms in total. The summed E-state index contributed by atoms with van der Waals surface area (Å²) < 4.78 is 16.9. The number of unbranched alkanes of at least 4 members (excludes halogenated alkanes) is 32. The van der Waals surface area contributed by atoms with Gasteiger partial charge in [-0.25, -0.2) is 0 Å². The van der Waals surface area contributed by atoms with Crippen molar-refractivity contribution in [3.8, 4) is 0 Å². The zero-order valence-electron chi connectivity index (χ0n) is 47.0. The van der Waals surface area contributed by atoms with Gasteiger partial charge in [-0.15, -0.1) is 0 Å². The number of esters is 3. The SMILES string of the molecule is CC/C=C\C/C=C\C/C=C\CCCCCCCCCC(=O)OC(COC(=O)CCCCCCC/C=C\CCCCCCCC)COC(=O)CCCCCCCCCCC/C=C\C/C=C\CCCCCCC. The minimum Gasteiger partial charge on any atom is -0.462 e. The van der Waals surface area contributed by atoms with Crippen molar-refractivity contribution in [3.05, 3.63) is 72.9 Å². The molecule has 0 aliphatic rings. The maximum absolute atomic E-state index is 12.9. The van der Waals surface area contributed by atoms with Gasteiger partial charge >= 0.3 is 17.9 Å². The highest BCUT2D eigenvalue weighted by Crippen LogP contribution is 2.15. The Morgan fingerprint density at radius 3 is 0.873 bits per heavy atom. The second kappa shape index (κ2) is 59.4. The van der Waals surface area contributed by atoms with Crippen molar-refractivity contribution in [1.82, 2.24) is 0 Å². The van der Waals surface area contributed by atoms with Crippen LogP contribution in [-0.4, -0.2) is 37.2 Å². The summed E-state index contributed by atoms with van der Waals surface area (Å²) in [5.74, 6) is -0.895. The largest absolute Gasteiger partial charge is 0.462 e. The van der Waals surface area contributed by atoms with E-state index in [9.17, 15) is 14.4 Å². The molecule has 71 heavy (non-hydrogen) atoms. The number of carbonyl (C=O) groups is 3. The van der Waals surface area contributed by atoms with E-state index in [1.165, 1.54) is 167 Å². The van der Waals surface area contributed by atoms with Crippen LogP contribution in [0.25, 0.3) is 0 Å². The fraction of sp³-hybridized carbons (Fsp3) is 0.769. The van der Waals surface area contributed by atoms with Crippen LogP contribution in [0.5, 0.6) is 0 Å². The standard InChI is InChI=1S/C65H114O6/c1-4-7-10-13-16-19-22-25-28-30-31-32-33-35-37-40-43-46-49-52-55-58-64(67)70-61-62(60-69-63(66)57-54-51-48-45-42-39-36-27-24-21-18-15-12-9-6-3)71-65(68)59-56-53-50-47-44-41-38-34-29-26-23-20-17-14-11-8-5-2/h8,11,17,20,22,25-27,29-31,36,62H,4-7,9-10,12-16,18-19,21,23-24,28,32-35,37-61H2,1-3H3/b11-8-,20-17-,25-22-,29-26-,31-30-,36-27-. The van der Waals surface area contributed by atoms with Gasteiger partial charge in [-0.05, 0) is 109 Å². The molecule has 6 heteroatoms. The quantitative estimate of drug-likeness (QED) is 0.0261. The van der Waals surface area contributed by atoms with Crippen molar-refractivity contribution in [3.63, 3.8) is 0 Å². The Labute approximate surface area is 440 Å². The van der Waals surface area contributed by atoms with Gasteiger partial charge in [0.25, 0.3) is 0 Å². The third-order valence-electron chi connectivity index (χ3n) is 13.2. The number of allylic oxidation sites excluding steroid dienone is 12. The van der Waals surface area contributed by atoms with Gasteiger partial charge in [0.05, 0.1) is 0 Å². The third kappa shape index (κ3) is 57.6. The molecule has 410 valence electrons. The predicted octanol–water partition coefficient (Wildman–Crippen LogP) is 20.5. The van der Waals surface area contributed by atoms with Crippen LogP contribution in [0.2, 0.25) is 0 Å². The lowest BCUT2D eigenvalue weighted by Crippen LogP contribution is -2.30. The van der Waals surface area contributed by atoms with Gasteiger partial charge in [0.2, 0.25) is 0 Å². The lowest BCUT2D eigenvalue weighted by Gasteiger charge is -2.18. The highest BCUT2D eigenvalue weighted by atomic mass is 16.6. The normalized spacial score (nSPS) is 12.5. The molecule has 0 N–H and O–H groups in total. The second-order valence-electron chi connectivity index (χ2n) is 20.2. The number of rotatable bonds is 55. The Balaban J connectivity index is 4.38. The van der Waals surface area contributed by atoms with Crippen LogP contribution in [0.15, 0.2) is 72.9 Å². The van der Waals surface area contributed by atoms with Crippen LogP contribution in [0.4, 0.5) is 0 Å². The highest BCUT2D eigenvalue weighted by Gasteiger charge is 2.19. The number of carbonyl (C=O) groups excluding carboxylic acids is 3. The zero-order chi connectivity index (χ0) is 51.4. The molecular formula is C65H114O6.